The number of fused-ring (bicyclic) bond motifs is 1. The van der Waals surface area contributed by atoms with Gasteiger partial charge in [-0.25, -0.2) is 4.98 Å². The number of para-hydroxylation sites is 1. The van der Waals surface area contributed by atoms with Crippen LogP contribution in [0.5, 0.6) is 0 Å². The van der Waals surface area contributed by atoms with Crippen molar-refractivity contribution in [1.82, 2.24) is 10.3 Å². The van der Waals surface area contributed by atoms with Crippen LogP contribution in [0.3, 0.4) is 0 Å². The van der Waals surface area contributed by atoms with E-state index in [1.54, 1.807) is 0 Å². The van der Waals surface area contributed by atoms with E-state index in [0.717, 1.165) is 18.5 Å². The summed E-state index contributed by atoms with van der Waals surface area (Å²) >= 11 is 1.83. The van der Waals surface area contributed by atoms with E-state index >= 15 is 0 Å². The van der Waals surface area contributed by atoms with Crippen LogP contribution in [-0.4, -0.2) is 18.6 Å². The van der Waals surface area contributed by atoms with Crippen LogP contribution in [0.1, 0.15) is 18.4 Å². The molecule has 1 aromatic carbocycles. The van der Waals surface area contributed by atoms with E-state index in [1.807, 2.05) is 18.4 Å². The van der Waals surface area contributed by atoms with Crippen LogP contribution in [0.2, 0.25) is 0 Å². The van der Waals surface area contributed by atoms with Gasteiger partial charge in [-0.3, -0.25) is 0 Å². The standard InChI is InChI=1S/C13H18N2S/c1-3-10(9-14-2)8-13-15-11-6-4-5-7-12(11)16-13/h4-7,10,14H,3,8-9H2,1-2H3. The fourth-order valence-corrected chi connectivity index (χ4v) is 2.99. The quantitative estimate of drug-likeness (QED) is 0.860. The summed E-state index contributed by atoms with van der Waals surface area (Å²) in [5.74, 6) is 0.700. The molecule has 0 saturated carbocycles. The van der Waals surface area contributed by atoms with E-state index in [1.165, 1.54) is 16.1 Å². The Morgan fingerprint density at radius 1 is 1.38 bits per heavy atom. The third-order valence-electron chi connectivity index (χ3n) is 2.87. The molecule has 0 fully saturated rings. The lowest BCUT2D eigenvalue weighted by Crippen LogP contribution is -2.19. The molecule has 16 heavy (non-hydrogen) atoms. The number of hydrogen-bond donors (Lipinski definition) is 1. The lowest BCUT2D eigenvalue weighted by atomic mass is 10.0. The van der Waals surface area contributed by atoms with Gasteiger partial charge in [0.1, 0.15) is 0 Å². The van der Waals surface area contributed by atoms with Crippen molar-refractivity contribution in [3.05, 3.63) is 29.3 Å². The molecule has 0 aliphatic rings. The Balaban J connectivity index is 2.14. The van der Waals surface area contributed by atoms with Crippen LogP contribution >= 0.6 is 11.3 Å². The zero-order valence-corrected chi connectivity index (χ0v) is 10.7. The van der Waals surface area contributed by atoms with Gasteiger partial charge in [0.15, 0.2) is 0 Å². The maximum absolute atomic E-state index is 4.67. The molecule has 0 aliphatic heterocycles. The Hall–Kier alpha value is -0.930. The average Bonchev–Trinajstić information content (AvgIpc) is 2.70. The monoisotopic (exact) mass is 234 g/mol. The van der Waals surface area contributed by atoms with Crippen molar-refractivity contribution in [3.8, 4) is 0 Å². The molecule has 0 aliphatic carbocycles. The highest BCUT2D eigenvalue weighted by Crippen LogP contribution is 2.24. The zero-order chi connectivity index (χ0) is 11.4. The lowest BCUT2D eigenvalue weighted by Gasteiger charge is -2.11. The summed E-state index contributed by atoms with van der Waals surface area (Å²) in [6.45, 7) is 3.32. The first-order chi connectivity index (χ1) is 7.83. The molecule has 0 saturated heterocycles. The minimum absolute atomic E-state index is 0.700. The molecule has 0 amide bonds. The highest BCUT2D eigenvalue weighted by molar-refractivity contribution is 7.18. The average molecular weight is 234 g/mol. The van der Waals surface area contributed by atoms with Crippen LogP contribution in [0.25, 0.3) is 10.2 Å². The number of rotatable bonds is 5. The second-order valence-electron chi connectivity index (χ2n) is 4.11. The fraction of sp³-hybridized carbons (Fsp3) is 0.462. The van der Waals surface area contributed by atoms with Crippen molar-refractivity contribution in [2.24, 2.45) is 5.92 Å². The molecule has 1 N–H and O–H groups in total. The molecule has 86 valence electrons. The maximum atomic E-state index is 4.67. The molecule has 1 atom stereocenters. The molecule has 2 aromatic rings. The minimum atomic E-state index is 0.700. The van der Waals surface area contributed by atoms with Gasteiger partial charge < -0.3 is 5.32 Å². The van der Waals surface area contributed by atoms with E-state index in [-0.39, 0.29) is 0 Å². The third-order valence-corrected chi connectivity index (χ3v) is 3.93. The summed E-state index contributed by atoms with van der Waals surface area (Å²) in [5, 5.41) is 4.52. The Morgan fingerprint density at radius 2 is 2.19 bits per heavy atom. The number of aromatic nitrogens is 1. The number of nitrogens with zero attached hydrogens (tertiary/aromatic N) is 1. The van der Waals surface area contributed by atoms with Crippen molar-refractivity contribution >= 4 is 21.6 Å². The maximum Gasteiger partial charge on any atom is 0.0941 e. The van der Waals surface area contributed by atoms with Crippen LogP contribution in [-0.2, 0) is 6.42 Å². The van der Waals surface area contributed by atoms with Crippen LogP contribution in [0.4, 0.5) is 0 Å². The van der Waals surface area contributed by atoms with E-state index in [0.29, 0.717) is 5.92 Å². The van der Waals surface area contributed by atoms with Gasteiger partial charge in [-0.2, -0.15) is 0 Å². The van der Waals surface area contributed by atoms with Crippen LogP contribution in [0, 0.1) is 5.92 Å². The first-order valence-electron chi connectivity index (χ1n) is 5.82. The molecule has 1 unspecified atom stereocenters. The fourth-order valence-electron chi connectivity index (χ4n) is 1.90. The third kappa shape index (κ3) is 2.60. The Morgan fingerprint density at radius 3 is 2.88 bits per heavy atom. The molecule has 2 rings (SSSR count). The van der Waals surface area contributed by atoms with Gasteiger partial charge in [0.2, 0.25) is 0 Å². The second kappa shape index (κ2) is 5.41. The molecule has 0 bridgehead atoms. The Labute approximate surface area is 101 Å². The van der Waals surface area contributed by atoms with E-state index in [2.05, 4.69) is 41.5 Å². The molecule has 1 aromatic heterocycles. The first kappa shape index (κ1) is 11.6. The summed E-state index contributed by atoms with van der Waals surface area (Å²) < 4.78 is 1.30. The van der Waals surface area contributed by atoms with Crippen molar-refractivity contribution < 1.29 is 0 Å². The summed E-state index contributed by atoms with van der Waals surface area (Å²) in [6.07, 6.45) is 2.30. The Bertz CT molecular complexity index is 417. The number of hydrogen-bond acceptors (Lipinski definition) is 3. The lowest BCUT2D eigenvalue weighted by molar-refractivity contribution is 0.480. The Kier molecular flexibility index (Phi) is 3.91. The predicted octanol–water partition coefficient (Wildman–Crippen LogP) is 3.08. The van der Waals surface area contributed by atoms with Crippen molar-refractivity contribution in [1.29, 1.82) is 0 Å². The van der Waals surface area contributed by atoms with Gasteiger partial charge >= 0.3 is 0 Å². The van der Waals surface area contributed by atoms with Gasteiger partial charge in [0, 0.05) is 6.42 Å². The molecule has 2 nitrogen and oxygen atoms in total. The molecule has 0 radical (unpaired) electrons. The van der Waals surface area contributed by atoms with E-state index in [9.17, 15) is 0 Å². The smallest absolute Gasteiger partial charge is 0.0941 e. The first-order valence-corrected chi connectivity index (χ1v) is 6.64. The predicted molar refractivity (Wildman–Crippen MR) is 71.0 cm³/mol. The van der Waals surface area contributed by atoms with Gasteiger partial charge in [-0.1, -0.05) is 25.5 Å². The number of thiazole rings is 1. The molecule has 1 heterocycles. The molecule has 3 heteroatoms. The largest absolute Gasteiger partial charge is 0.319 e. The van der Waals surface area contributed by atoms with Crippen LogP contribution < -0.4 is 5.32 Å². The molecular formula is C13H18N2S. The summed E-state index contributed by atoms with van der Waals surface area (Å²) in [6, 6.07) is 8.37. The second-order valence-corrected chi connectivity index (χ2v) is 5.23. The van der Waals surface area contributed by atoms with Crippen LogP contribution in [0.15, 0.2) is 24.3 Å². The molecule has 0 spiro atoms. The summed E-state index contributed by atoms with van der Waals surface area (Å²) in [5.41, 5.74) is 1.14. The number of benzene rings is 1. The van der Waals surface area contributed by atoms with Gasteiger partial charge in [0.05, 0.1) is 15.2 Å². The highest BCUT2D eigenvalue weighted by Gasteiger charge is 2.10. The summed E-state index contributed by atoms with van der Waals surface area (Å²) in [4.78, 5) is 4.67. The van der Waals surface area contributed by atoms with Gasteiger partial charge in [-0.05, 0) is 31.6 Å². The van der Waals surface area contributed by atoms with E-state index in [4.69, 9.17) is 0 Å². The number of nitrogens with one attached hydrogen (secondary N) is 1. The molecular weight excluding hydrogens is 216 g/mol. The minimum Gasteiger partial charge on any atom is -0.319 e. The van der Waals surface area contributed by atoms with E-state index < -0.39 is 0 Å². The van der Waals surface area contributed by atoms with Crippen molar-refractivity contribution in [2.75, 3.05) is 13.6 Å². The topological polar surface area (TPSA) is 24.9 Å². The zero-order valence-electron chi connectivity index (χ0n) is 9.86. The SMILES string of the molecule is CCC(CNC)Cc1nc2ccccc2s1. The summed E-state index contributed by atoms with van der Waals surface area (Å²) in [7, 11) is 2.01. The normalized spacial score (nSPS) is 13.1. The van der Waals surface area contributed by atoms with Crippen molar-refractivity contribution in [3.63, 3.8) is 0 Å². The van der Waals surface area contributed by atoms with Gasteiger partial charge in [-0.15, -0.1) is 11.3 Å². The van der Waals surface area contributed by atoms with Gasteiger partial charge in [0.25, 0.3) is 0 Å². The van der Waals surface area contributed by atoms with Crippen molar-refractivity contribution in [2.45, 2.75) is 19.8 Å². The highest BCUT2D eigenvalue weighted by atomic mass is 32.1.